The molecule has 9 heteroatoms. The fraction of sp³-hybridized carbons (Fsp3) is 0.278. The number of hydroxylamine groups is 1. The topological polar surface area (TPSA) is 59.0 Å². The van der Waals surface area contributed by atoms with Gasteiger partial charge in [-0.2, -0.15) is 18.2 Å². The summed E-state index contributed by atoms with van der Waals surface area (Å²) in [6.45, 7) is 1.06. The minimum absolute atomic E-state index is 0.0482. The normalized spacial score (nSPS) is 11.2. The Kier molecular flexibility index (Phi) is 6.27. The van der Waals surface area contributed by atoms with Gasteiger partial charge in [-0.3, -0.25) is 5.21 Å². The molecule has 2 aromatic carbocycles. The minimum Gasteiger partial charge on any atom is -0.488 e. The summed E-state index contributed by atoms with van der Waals surface area (Å²) in [6.07, 6.45) is -5.45. The van der Waals surface area contributed by atoms with Gasteiger partial charge in [0.2, 0.25) is 0 Å². The summed E-state index contributed by atoms with van der Waals surface area (Å²) in [7, 11) is 1.01. The maximum Gasteiger partial charge on any atom is 0.438 e. The van der Waals surface area contributed by atoms with Crippen LogP contribution >= 0.6 is 0 Å². The van der Waals surface area contributed by atoms with Gasteiger partial charge >= 0.3 is 12.3 Å². The molecule has 0 aliphatic heterocycles. The lowest BCUT2D eigenvalue weighted by molar-refractivity contribution is -0.139. The number of amides is 1. The van der Waals surface area contributed by atoms with Gasteiger partial charge in [-0.25, -0.2) is 9.18 Å². The van der Waals surface area contributed by atoms with Gasteiger partial charge in [0.15, 0.2) is 0 Å². The summed E-state index contributed by atoms with van der Waals surface area (Å²) in [4.78, 5) is 11.4. The van der Waals surface area contributed by atoms with Crippen molar-refractivity contribution in [2.24, 2.45) is 0 Å². The van der Waals surface area contributed by atoms with Crippen molar-refractivity contribution in [3.8, 4) is 5.75 Å². The fourth-order valence-electron chi connectivity index (χ4n) is 2.37. The van der Waals surface area contributed by atoms with Gasteiger partial charge < -0.3 is 9.47 Å². The summed E-state index contributed by atoms with van der Waals surface area (Å²) in [5, 5.41) is 9.85. The van der Waals surface area contributed by atoms with Crippen LogP contribution in [0.3, 0.4) is 0 Å². The number of hydrogen-bond acceptors (Lipinski definition) is 4. The zero-order valence-corrected chi connectivity index (χ0v) is 14.5. The van der Waals surface area contributed by atoms with Crippen LogP contribution in [0, 0.1) is 5.82 Å². The third kappa shape index (κ3) is 4.68. The van der Waals surface area contributed by atoms with Gasteiger partial charge in [-0.1, -0.05) is 19.1 Å². The van der Waals surface area contributed by atoms with Gasteiger partial charge in [-0.05, 0) is 36.2 Å². The molecule has 0 aromatic heterocycles. The highest BCUT2D eigenvalue weighted by atomic mass is 19.4. The fourth-order valence-corrected chi connectivity index (χ4v) is 2.37. The Morgan fingerprint density at radius 2 is 1.93 bits per heavy atom. The van der Waals surface area contributed by atoms with E-state index in [1.165, 1.54) is 18.2 Å². The molecule has 0 fully saturated rings. The van der Waals surface area contributed by atoms with Crippen LogP contribution < -0.4 is 9.80 Å². The summed E-state index contributed by atoms with van der Waals surface area (Å²) in [5.74, 6) is -1.36. The highest BCUT2D eigenvalue weighted by molar-refractivity contribution is 5.85. The summed E-state index contributed by atoms with van der Waals surface area (Å²) in [5.41, 5.74) is -1.14. The molecular weight excluding hydrogens is 370 g/mol. The van der Waals surface area contributed by atoms with E-state index < -0.39 is 36.0 Å². The van der Waals surface area contributed by atoms with Gasteiger partial charge in [0, 0.05) is 0 Å². The first-order chi connectivity index (χ1) is 12.7. The van der Waals surface area contributed by atoms with Crippen molar-refractivity contribution < 1.29 is 37.0 Å². The SMILES string of the molecule is CCc1ccc(OCc2c(F)cccc2N(O)C(=O)OC)c(C(F)(F)F)c1. The largest absolute Gasteiger partial charge is 0.488 e. The number of carbonyl (C=O) groups is 1. The predicted octanol–water partition coefficient (Wildman–Crippen LogP) is 4.95. The smallest absolute Gasteiger partial charge is 0.438 e. The number of ether oxygens (including phenoxy) is 2. The Labute approximate surface area is 152 Å². The Bertz CT molecular complexity index is 823. The third-order valence-corrected chi connectivity index (χ3v) is 3.80. The van der Waals surface area contributed by atoms with Crippen LogP contribution in [0.15, 0.2) is 36.4 Å². The van der Waals surface area contributed by atoms with Crippen LogP contribution in [0.2, 0.25) is 0 Å². The minimum atomic E-state index is -4.66. The van der Waals surface area contributed by atoms with Crippen molar-refractivity contribution in [2.45, 2.75) is 26.1 Å². The molecule has 27 heavy (non-hydrogen) atoms. The monoisotopic (exact) mass is 387 g/mol. The Morgan fingerprint density at radius 1 is 1.22 bits per heavy atom. The Morgan fingerprint density at radius 3 is 2.52 bits per heavy atom. The lowest BCUT2D eigenvalue weighted by Crippen LogP contribution is -2.28. The van der Waals surface area contributed by atoms with Gasteiger partial charge in [-0.15, -0.1) is 0 Å². The molecule has 1 amide bonds. The molecule has 0 heterocycles. The number of nitrogens with zero attached hydrogens (tertiary/aromatic N) is 1. The lowest BCUT2D eigenvalue weighted by atomic mass is 10.1. The van der Waals surface area contributed by atoms with Gasteiger partial charge in [0.1, 0.15) is 18.2 Å². The third-order valence-electron chi connectivity index (χ3n) is 3.80. The molecule has 0 atom stereocenters. The van der Waals surface area contributed by atoms with Crippen molar-refractivity contribution in [1.29, 1.82) is 0 Å². The first-order valence-electron chi connectivity index (χ1n) is 7.86. The summed E-state index contributed by atoms with van der Waals surface area (Å²) < 4.78 is 63.5. The standard InChI is InChI=1S/C18H17F4NO4/c1-3-11-7-8-16(13(9-11)18(20,21)22)27-10-12-14(19)5-4-6-15(12)23(25)17(24)26-2/h4-9,25H,3,10H2,1-2H3. The molecule has 146 valence electrons. The van der Waals surface area contributed by atoms with Crippen LogP contribution in [0.1, 0.15) is 23.6 Å². The molecule has 2 aromatic rings. The number of anilines is 1. The van der Waals surface area contributed by atoms with E-state index in [2.05, 4.69) is 4.74 Å². The highest BCUT2D eigenvalue weighted by Gasteiger charge is 2.34. The van der Waals surface area contributed by atoms with Crippen molar-refractivity contribution in [1.82, 2.24) is 0 Å². The summed E-state index contributed by atoms with van der Waals surface area (Å²) >= 11 is 0. The number of carbonyl (C=O) groups excluding carboxylic acids is 1. The molecule has 0 saturated heterocycles. The molecule has 0 spiro atoms. The van der Waals surface area contributed by atoms with Crippen molar-refractivity contribution in [2.75, 3.05) is 12.2 Å². The van der Waals surface area contributed by atoms with Crippen LogP contribution in [0.5, 0.6) is 5.75 Å². The van der Waals surface area contributed by atoms with E-state index in [1.54, 1.807) is 6.92 Å². The van der Waals surface area contributed by atoms with Crippen LogP contribution in [0.4, 0.5) is 28.0 Å². The van der Waals surface area contributed by atoms with E-state index in [0.717, 1.165) is 25.3 Å². The number of methoxy groups -OCH3 is 1. The van der Waals surface area contributed by atoms with E-state index in [0.29, 0.717) is 12.0 Å². The summed E-state index contributed by atoms with van der Waals surface area (Å²) in [6, 6.07) is 7.03. The predicted molar refractivity (Wildman–Crippen MR) is 88.2 cm³/mol. The highest BCUT2D eigenvalue weighted by Crippen LogP contribution is 2.37. The number of aryl methyl sites for hydroxylation is 1. The second kappa shape index (κ2) is 8.26. The Balaban J connectivity index is 2.36. The second-order valence-electron chi connectivity index (χ2n) is 5.49. The maximum atomic E-state index is 14.1. The molecule has 0 unspecified atom stereocenters. The van der Waals surface area contributed by atoms with Crippen molar-refractivity contribution in [3.63, 3.8) is 0 Å². The molecule has 5 nitrogen and oxygen atoms in total. The molecule has 0 aliphatic rings. The van der Waals surface area contributed by atoms with Gasteiger partial charge in [0.25, 0.3) is 0 Å². The molecular formula is C18H17F4NO4. The van der Waals surface area contributed by atoms with Crippen LogP contribution in [0.25, 0.3) is 0 Å². The van der Waals surface area contributed by atoms with Crippen molar-refractivity contribution >= 4 is 11.8 Å². The quantitative estimate of drug-likeness (QED) is 0.448. The van der Waals surface area contributed by atoms with E-state index >= 15 is 0 Å². The van der Waals surface area contributed by atoms with Crippen LogP contribution in [-0.4, -0.2) is 18.4 Å². The zero-order valence-electron chi connectivity index (χ0n) is 14.5. The molecule has 2 rings (SSSR count). The van der Waals surface area contributed by atoms with E-state index in [-0.39, 0.29) is 16.3 Å². The van der Waals surface area contributed by atoms with E-state index in [9.17, 15) is 27.6 Å². The lowest BCUT2D eigenvalue weighted by Gasteiger charge is -2.19. The number of hydrogen-bond donors (Lipinski definition) is 1. The Hall–Kier alpha value is -2.81. The maximum absolute atomic E-state index is 14.1. The zero-order chi connectivity index (χ0) is 20.2. The number of rotatable bonds is 5. The molecule has 0 aliphatic carbocycles. The first kappa shape index (κ1) is 20.5. The number of alkyl halides is 3. The second-order valence-corrected chi connectivity index (χ2v) is 5.49. The molecule has 0 bridgehead atoms. The molecule has 0 saturated carbocycles. The van der Waals surface area contributed by atoms with Gasteiger partial charge in [0.05, 0.1) is 23.9 Å². The number of benzene rings is 2. The van der Waals surface area contributed by atoms with E-state index in [4.69, 9.17) is 4.74 Å². The first-order valence-corrected chi connectivity index (χ1v) is 7.86. The number of halogens is 4. The molecule has 1 N–H and O–H groups in total. The van der Waals surface area contributed by atoms with E-state index in [1.807, 2.05) is 0 Å². The average molecular weight is 387 g/mol. The average Bonchev–Trinajstić information content (AvgIpc) is 2.64. The molecule has 0 radical (unpaired) electrons. The van der Waals surface area contributed by atoms with Crippen LogP contribution in [-0.2, 0) is 23.9 Å². The van der Waals surface area contributed by atoms with Crippen molar-refractivity contribution in [3.05, 3.63) is 58.9 Å².